The minimum atomic E-state index is -3.57. The maximum Gasteiger partial charge on any atom is 0.240 e. The number of amides is 1. The summed E-state index contributed by atoms with van der Waals surface area (Å²) >= 11 is 3.31. The van der Waals surface area contributed by atoms with Gasteiger partial charge in [0.15, 0.2) is 5.78 Å². The molecular formula is C19H21BrN2O4S. The van der Waals surface area contributed by atoms with Gasteiger partial charge < -0.3 is 5.32 Å². The molecule has 0 unspecified atom stereocenters. The van der Waals surface area contributed by atoms with Gasteiger partial charge in [-0.15, -0.1) is 0 Å². The summed E-state index contributed by atoms with van der Waals surface area (Å²) in [5, 5.41) is 2.66. The van der Waals surface area contributed by atoms with Crippen molar-refractivity contribution < 1.29 is 18.0 Å². The largest absolute Gasteiger partial charge is 0.326 e. The number of ketones is 1. The average Bonchev–Trinajstić information content (AvgIpc) is 2.59. The molecule has 0 aliphatic rings. The predicted octanol–water partition coefficient (Wildman–Crippen LogP) is 3.74. The Bertz CT molecular complexity index is 908. The molecule has 0 aromatic heterocycles. The fourth-order valence-electron chi connectivity index (χ4n) is 2.33. The maximum absolute atomic E-state index is 12.1. The number of sulfonamides is 1. The molecule has 0 saturated carbocycles. The van der Waals surface area contributed by atoms with Gasteiger partial charge in [-0.1, -0.05) is 28.1 Å². The Kier molecular flexibility index (Phi) is 7.29. The van der Waals surface area contributed by atoms with Gasteiger partial charge in [0.1, 0.15) is 0 Å². The van der Waals surface area contributed by atoms with E-state index in [1.54, 1.807) is 38.1 Å². The maximum atomic E-state index is 12.1. The lowest BCUT2D eigenvalue weighted by Crippen LogP contribution is -2.30. The lowest BCUT2D eigenvalue weighted by Gasteiger charge is -2.10. The molecule has 27 heavy (non-hydrogen) atoms. The number of carbonyl (C=O) groups is 2. The summed E-state index contributed by atoms with van der Waals surface area (Å²) < 4.78 is 27.5. The Balaban J connectivity index is 1.90. The van der Waals surface area contributed by atoms with Crippen LogP contribution in [0.2, 0.25) is 0 Å². The SMILES string of the molecule is CC(C)NS(=O)(=O)c1ccc(NC(=O)CCC(=O)c2ccc(Br)cc2)cc1. The molecule has 0 aliphatic heterocycles. The van der Waals surface area contributed by atoms with E-state index >= 15 is 0 Å². The summed E-state index contributed by atoms with van der Waals surface area (Å²) in [5.74, 6) is -0.421. The van der Waals surface area contributed by atoms with Crippen LogP contribution in [-0.4, -0.2) is 26.2 Å². The predicted molar refractivity (Wildman–Crippen MR) is 108 cm³/mol. The first-order valence-electron chi connectivity index (χ1n) is 8.38. The molecule has 0 radical (unpaired) electrons. The van der Waals surface area contributed by atoms with Gasteiger partial charge in [0.05, 0.1) is 4.90 Å². The van der Waals surface area contributed by atoms with Gasteiger partial charge in [0.2, 0.25) is 15.9 Å². The number of nitrogens with one attached hydrogen (secondary N) is 2. The smallest absolute Gasteiger partial charge is 0.240 e. The Labute approximate surface area is 167 Å². The van der Waals surface area contributed by atoms with Crippen LogP contribution in [0.4, 0.5) is 5.69 Å². The summed E-state index contributed by atoms with van der Waals surface area (Å²) in [5.41, 5.74) is 1.03. The van der Waals surface area contributed by atoms with E-state index in [0.717, 1.165) is 4.47 Å². The van der Waals surface area contributed by atoms with E-state index in [0.29, 0.717) is 11.3 Å². The van der Waals surface area contributed by atoms with Crippen molar-refractivity contribution in [1.29, 1.82) is 0 Å². The third-order valence-electron chi connectivity index (χ3n) is 3.58. The molecule has 0 aliphatic carbocycles. The van der Waals surface area contributed by atoms with Crippen molar-refractivity contribution >= 4 is 43.3 Å². The summed E-state index contributed by atoms with van der Waals surface area (Å²) in [6.45, 7) is 3.48. The molecule has 1 amide bonds. The van der Waals surface area contributed by atoms with Crippen LogP contribution >= 0.6 is 15.9 Å². The number of carbonyl (C=O) groups excluding carboxylic acids is 2. The Morgan fingerprint density at radius 1 is 0.963 bits per heavy atom. The van der Waals surface area contributed by atoms with Crippen molar-refractivity contribution in [3.63, 3.8) is 0 Å². The zero-order valence-electron chi connectivity index (χ0n) is 15.0. The van der Waals surface area contributed by atoms with Crippen molar-refractivity contribution in [1.82, 2.24) is 4.72 Å². The van der Waals surface area contributed by atoms with E-state index in [-0.39, 0.29) is 35.5 Å². The van der Waals surface area contributed by atoms with Crippen molar-refractivity contribution in [3.05, 3.63) is 58.6 Å². The van der Waals surface area contributed by atoms with E-state index in [2.05, 4.69) is 26.0 Å². The summed E-state index contributed by atoms with van der Waals surface area (Å²) in [6, 6.07) is 12.6. The molecule has 6 nitrogen and oxygen atoms in total. The van der Waals surface area contributed by atoms with E-state index in [1.165, 1.54) is 24.3 Å². The molecule has 0 heterocycles. The number of anilines is 1. The number of Topliss-reactive ketones (excluding diaryl/α,β-unsaturated/α-hetero) is 1. The molecule has 2 N–H and O–H groups in total. The number of halogens is 1. The van der Waals surface area contributed by atoms with Gasteiger partial charge in [-0.3, -0.25) is 9.59 Å². The lowest BCUT2D eigenvalue weighted by molar-refractivity contribution is -0.116. The first kappa shape index (κ1) is 21.3. The molecule has 0 bridgehead atoms. The topological polar surface area (TPSA) is 92.3 Å². The average molecular weight is 453 g/mol. The molecule has 144 valence electrons. The number of hydrogen-bond acceptors (Lipinski definition) is 4. The molecule has 8 heteroatoms. The minimum absolute atomic E-state index is 0.0455. The molecule has 0 atom stereocenters. The van der Waals surface area contributed by atoms with Crippen LogP contribution in [0.1, 0.15) is 37.0 Å². The molecule has 2 aromatic rings. The molecular weight excluding hydrogens is 432 g/mol. The van der Waals surface area contributed by atoms with Crippen LogP contribution in [0, 0.1) is 0 Å². The van der Waals surface area contributed by atoms with Gasteiger partial charge in [-0.05, 0) is 50.2 Å². The highest BCUT2D eigenvalue weighted by Gasteiger charge is 2.15. The van der Waals surface area contributed by atoms with Crippen LogP contribution in [-0.2, 0) is 14.8 Å². The van der Waals surface area contributed by atoms with E-state index in [1.807, 2.05) is 0 Å². The fraction of sp³-hybridized carbons (Fsp3) is 0.263. The van der Waals surface area contributed by atoms with Crippen molar-refractivity contribution in [2.45, 2.75) is 37.6 Å². The molecule has 2 aromatic carbocycles. The third kappa shape index (κ3) is 6.57. The van der Waals surface area contributed by atoms with Crippen molar-refractivity contribution in [3.8, 4) is 0 Å². The zero-order valence-corrected chi connectivity index (χ0v) is 17.4. The fourth-order valence-corrected chi connectivity index (χ4v) is 3.84. The van der Waals surface area contributed by atoms with Crippen LogP contribution in [0.15, 0.2) is 57.9 Å². The van der Waals surface area contributed by atoms with Crippen LogP contribution in [0.5, 0.6) is 0 Å². The van der Waals surface area contributed by atoms with Gasteiger partial charge >= 0.3 is 0 Å². The van der Waals surface area contributed by atoms with Crippen LogP contribution in [0.25, 0.3) is 0 Å². The minimum Gasteiger partial charge on any atom is -0.326 e. The highest BCUT2D eigenvalue weighted by Crippen LogP contribution is 2.16. The summed E-state index contributed by atoms with van der Waals surface area (Å²) in [4.78, 5) is 24.2. The van der Waals surface area contributed by atoms with Crippen LogP contribution < -0.4 is 10.0 Å². The van der Waals surface area contributed by atoms with E-state index < -0.39 is 10.0 Å². The Hall–Kier alpha value is -2.03. The van der Waals surface area contributed by atoms with Gasteiger partial charge in [0, 0.05) is 34.6 Å². The summed E-state index contributed by atoms with van der Waals surface area (Å²) in [6.07, 6.45) is 0.141. The van der Waals surface area contributed by atoms with Gasteiger partial charge in [-0.2, -0.15) is 0 Å². The normalized spacial score (nSPS) is 11.4. The number of benzene rings is 2. The van der Waals surface area contributed by atoms with Gasteiger partial charge in [0.25, 0.3) is 0 Å². The molecule has 0 spiro atoms. The molecule has 0 saturated heterocycles. The Morgan fingerprint density at radius 2 is 1.56 bits per heavy atom. The summed E-state index contributed by atoms with van der Waals surface area (Å²) in [7, 11) is -3.57. The van der Waals surface area contributed by atoms with E-state index in [4.69, 9.17) is 0 Å². The number of rotatable bonds is 8. The lowest BCUT2D eigenvalue weighted by atomic mass is 10.1. The first-order chi connectivity index (χ1) is 12.7. The second-order valence-corrected chi connectivity index (χ2v) is 8.91. The van der Waals surface area contributed by atoms with Crippen molar-refractivity contribution in [2.75, 3.05) is 5.32 Å². The monoisotopic (exact) mass is 452 g/mol. The second kappa shape index (κ2) is 9.25. The zero-order chi connectivity index (χ0) is 20.0. The standard InChI is InChI=1S/C19H21BrN2O4S/c1-13(2)22-27(25,26)17-9-7-16(8-10-17)21-19(24)12-11-18(23)14-3-5-15(20)6-4-14/h3-10,13,22H,11-12H2,1-2H3,(H,21,24). The van der Waals surface area contributed by atoms with Gasteiger partial charge in [-0.25, -0.2) is 13.1 Å². The second-order valence-electron chi connectivity index (χ2n) is 6.28. The first-order valence-corrected chi connectivity index (χ1v) is 10.7. The highest BCUT2D eigenvalue weighted by molar-refractivity contribution is 9.10. The van der Waals surface area contributed by atoms with Crippen LogP contribution in [0.3, 0.4) is 0 Å². The molecule has 2 rings (SSSR count). The molecule has 0 fully saturated rings. The third-order valence-corrected chi connectivity index (χ3v) is 5.79. The highest BCUT2D eigenvalue weighted by atomic mass is 79.9. The number of hydrogen-bond donors (Lipinski definition) is 2. The quantitative estimate of drug-likeness (QED) is 0.596. The van der Waals surface area contributed by atoms with E-state index in [9.17, 15) is 18.0 Å². The van der Waals surface area contributed by atoms with Crippen molar-refractivity contribution in [2.24, 2.45) is 0 Å². The Morgan fingerprint density at radius 3 is 2.11 bits per heavy atom.